The van der Waals surface area contributed by atoms with Crippen molar-refractivity contribution in [2.24, 2.45) is 0 Å². The molecule has 0 saturated carbocycles. The molecule has 14 heavy (non-hydrogen) atoms. The molecule has 0 radical (unpaired) electrons. The Labute approximate surface area is 87.3 Å². The Morgan fingerprint density at radius 3 is 2.57 bits per heavy atom. The summed E-state index contributed by atoms with van der Waals surface area (Å²) in [6.45, 7) is 4.50. The van der Waals surface area contributed by atoms with Gasteiger partial charge in [0.05, 0.1) is 6.04 Å². The Bertz CT molecular complexity index is 216. The lowest BCUT2D eigenvalue weighted by Gasteiger charge is -2.16. The zero-order valence-corrected chi connectivity index (χ0v) is 9.45. The summed E-state index contributed by atoms with van der Waals surface area (Å²) in [6.07, 6.45) is 11.7. The van der Waals surface area contributed by atoms with E-state index < -0.39 is 0 Å². The van der Waals surface area contributed by atoms with E-state index in [4.69, 9.17) is 0 Å². The van der Waals surface area contributed by atoms with E-state index in [2.05, 4.69) is 29.8 Å². The van der Waals surface area contributed by atoms with E-state index in [0.717, 1.165) is 0 Å². The Hall–Kier alpha value is -0.790. The maximum absolute atomic E-state index is 4.33. The van der Waals surface area contributed by atoms with E-state index in [1.807, 2.05) is 12.3 Å². The second-order valence-corrected chi connectivity index (χ2v) is 3.92. The Kier molecular flexibility index (Phi) is 5.35. The summed E-state index contributed by atoms with van der Waals surface area (Å²) < 4.78 is 2.12. The average Bonchev–Trinajstić information content (AvgIpc) is 2.70. The molecule has 1 aromatic rings. The van der Waals surface area contributed by atoms with Crippen LogP contribution < -0.4 is 0 Å². The van der Waals surface area contributed by atoms with Gasteiger partial charge >= 0.3 is 0 Å². The SMILES string of the molecule is CCCCCC(CCC)n1cccn1. The van der Waals surface area contributed by atoms with Crippen LogP contribution in [0.4, 0.5) is 0 Å². The molecule has 0 aliphatic heterocycles. The van der Waals surface area contributed by atoms with Crippen LogP contribution in [0.3, 0.4) is 0 Å². The zero-order chi connectivity index (χ0) is 10.2. The van der Waals surface area contributed by atoms with E-state index in [9.17, 15) is 0 Å². The molecular weight excluding hydrogens is 172 g/mol. The monoisotopic (exact) mass is 194 g/mol. The summed E-state index contributed by atoms with van der Waals surface area (Å²) in [6, 6.07) is 2.64. The van der Waals surface area contributed by atoms with E-state index in [1.54, 1.807) is 0 Å². The summed E-state index contributed by atoms with van der Waals surface area (Å²) in [5.41, 5.74) is 0. The normalized spacial score (nSPS) is 13.0. The van der Waals surface area contributed by atoms with Gasteiger partial charge in [-0.3, -0.25) is 4.68 Å². The fraction of sp³-hybridized carbons (Fsp3) is 0.750. The average molecular weight is 194 g/mol. The molecule has 0 saturated heterocycles. The van der Waals surface area contributed by atoms with Crippen LogP contribution in [0.15, 0.2) is 18.5 Å². The highest BCUT2D eigenvalue weighted by atomic mass is 15.3. The Balaban J connectivity index is 2.39. The molecular formula is C12H22N2. The lowest BCUT2D eigenvalue weighted by molar-refractivity contribution is 0.381. The van der Waals surface area contributed by atoms with Gasteiger partial charge < -0.3 is 0 Å². The van der Waals surface area contributed by atoms with Crippen molar-refractivity contribution >= 4 is 0 Å². The van der Waals surface area contributed by atoms with Gasteiger partial charge in [-0.1, -0.05) is 39.5 Å². The molecule has 1 aromatic heterocycles. The number of unbranched alkanes of at least 4 members (excludes halogenated alkanes) is 2. The molecule has 80 valence electrons. The van der Waals surface area contributed by atoms with Crippen LogP contribution in [0.5, 0.6) is 0 Å². The molecule has 0 aliphatic carbocycles. The molecule has 0 bridgehead atoms. The predicted molar refractivity (Wildman–Crippen MR) is 60.3 cm³/mol. The van der Waals surface area contributed by atoms with Crippen molar-refractivity contribution in [1.82, 2.24) is 9.78 Å². The number of nitrogens with zero attached hydrogens (tertiary/aromatic N) is 2. The third kappa shape index (κ3) is 3.52. The first-order chi connectivity index (χ1) is 6.88. The summed E-state index contributed by atoms with van der Waals surface area (Å²) >= 11 is 0. The minimum atomic E-state index is 0.626. The van der Waals surface area contributed by atoms with Gasteiger partial charge in [0.1, 0.15) is 0 Å². The Morgan fingerprint density at radius 1 is 1.14 bits per heavy atom. The lowest BCUT2D eigenvalue weighted by atomic mass is 10.0. The van der Waals surface area contributed by atoms with Crippen molar-refractivity contribution in [3.63, 3.8) is 0 Å². The molecule has 0 spiro atoms. The van der Waals surface area contributed by atoms with E-state index in [0.29, 0.717) is 6.04 Å². The minimum Gasteiger partial charge on any atom is -0.270 e. The van der Waals surface area contributed by atoms with Gasteiger partial charge in [-0.2, -0.15) is 5.10 Å². The number of aromatic nitrogens is 2. The van der Waals surface area contributed by atoms with Crippen LogP contribution in [0, 0.1) is 0 Å². The smallest absolute Gasteiger partial charge is 0.0519 e. The molecule has 1 rings (SSSR count). The van der Waals surface area contributed by atoms with Crippen LogP contribution in [0.25, 0.3) is 0 Å². The maximum Gasteiger partial charge on any atom is 0.0519 e. The largest absolute Gasteiger partial charge is 0.270 e. The number of rotatable bonds is 7. The van der Waals surface area contributed by atoms with Crippen LogP contribution in [-0.4, -0.2) is 9.78 Å². The van der Waals surface area contributed by atoms with Crippen molar-refractivity contribution in [3.8, 4) is 0 Å². The van der Waals surface area contributed by atoms with Crippen LogP contribution >= 0.6 is 0 Å². The van der Waals surface area contributed by atoms with E-state index in [1.165, 1.54) is 38.5 Å². The number of hydrogen-bond donors (Lipinski definition) is 0. The molecule has 1 unspecified atom stereocenters. The highest BCUT2D eigenvalue weighted by molar-refractivity contribution is 4.81. The van der Waals surface area contributed by atoms with Gasteiger partial charge in [-0.05, 0) is 18.9 Å². The predicted octanol–water partition coefficient (Wildman–Crippen LogP) is 3.80. The first kappa shape index (κ1) is 11.3. The van der Waals surface area contributed by atoms with Crippen molar-refractivity contribution in [2.75, 3.05) is 0 Å². The second kappa shape index (κ2) is 6.63. The van der Waals surface area contributed by atoms with Crippen molar-refractivity contribution in [3.05, 3.63) is 18.5 Å². The molecule has 0 amide bonds. The zero-order valence-electron chi connectivity index (χ0n) is 9.45. The van der Waals surface area contributed by atoms with Crippen LogP contribution in [0.2, 0.25) is 0 Å². The van der Waals surface area contributed by atoms with Crippen LogP contribution in [-0.2, 0) is 0 Å². The molecule has 0 aromatic carbocycles. The molecule has 0 aliphatic rings. The topological polar surface area (TPSA) is 17.8 Å². The molecule has 2 heteroatoms. The molecule has 0 N–H and O–H groups in total. The van der Waals surface area contributed by atoms with Crippen molar-refractivity contribution in [2.45, 2.75) is 58.4 Å². The van der Waals surface area contributed by atoms with Gasteiger partial charge in [-0.15, -0.1) is 0 Å². The molecule has 1 atom stereocenters. The fourth-order valence-electron chi connectivity index (χ4n) is 1.87. The first-order valence-corrected chi connectivity index (χ1v) is 5.87. The highest BCUT2D eigenvalue weighted by Gasteiger charge is 2.08. The molecule has 2 nitrogen and oxygen atoms in total. The molecule has 0 fully saturated rings. The van der Waals surface area contributed by atoms with Gasteiger partial charge in [0.2, 0.25) is 0 Å². The van der Waals surface area contributed by atoms with Gasteiger partial charge in [-0.25, -0.2) is 0 Å². The quantitative estimate of drug-likeness (QED) is 0.604. The standard InChI is InChI=1S/C12H22N2/c1-3-5-6-9-12(8-4-2)14-11-7-10-13-14/h7,10-12H,3-6,8-9H2,1-2H3. The summed E-state index contributed by atoms with van der Waals surface area (Å²) in [5.74, 6) is 0. The Morgan fingerprint density at radius 2 is 2.00 bits per heavy atom. The van der Waals surface area contributed by atoms with Gasteiger partial charge in [0.25, 0.3) is 0 Å². The lowest BCUT2D eigenvalue weighted by Crippen LogP contribution is -2.09. The van der Waals surface area contributed by atoms with E-state index >= 15 is 0 Å². The third-order valence-corrected chi connectivity index (χ3v) is 2.66. The summed E-state index contributed by atoms with van der Waals surface area (Å²) in [5, 5.41) is 4.33. The van der Waals surface area contributed by atoms with E-state index in [-0.39, 0.29) is 0 Å². The second-order valence-electron chi connectivity index (χ2n) is 3.92. The number of hydrogen-bond acceptors (Lipinski definition) is 1. The van der Waals surface area contributed by atoms with Gasteiger partial charge in [0.15, 0.2) is 0 Å². The fourth-order valence-corrected chi connectivity index (χ4v) is 1.87. The van der Waals surface area contributed by atoms with Crippen LogP contribution in [0.1, 0.15) is 58.4 Å². The molecule has 1 heterocycles. The van der Waals surface area contributed by atoms with Gasteiger partial charge in [0, 0.05) is 12.4 Å². The summed E-state index contributed by atoms with van der Waals surface area (Å²) in [7, 11) is 0. The minimum absolute atomic E-state index is 0.626. The maximum atomic E-state index is 4.33. The highest BCUT2D eigenvalue weighted by Crippen LogP contribution is 2.20. The summed E-state index contributed by atoms with van der Waals surface area (Å²) in [4.78, 5) is 0. The first-order valence-electron chi connectivity index (χ1n) is 5.87. The van der Waals surface area contributed by atoms with Crippen molar-refractivity contribution in [1.29, 1.82) is 0 Å². The van der Waals surface area contributed by atoms with Crippen molar-refractivity contribution < 1.29 is 0 Å². The third-order valence-electron chi connectivity index (χ3n) is 2.66.